The van der Waals surface area contributed by atoms with E-state index in [4.69, 9.17) is 0 Å². The number of carbonyl (C=O) groups is 2. The van der Waals surface area contributed by atoms with Gasteiger partial charge in [0.05, 0.1) is 5.41 Å². The molecule has 3 nitrogen and oxygen atoms in total. The maximum absolute atomic E-state index is 13.5. The highest BCUT2D eigenvalue weighted by Crippen LogP contribution is 2.78. The van der Waals surface area contributed by atoms with Gasteiger partial charge in [0.1, 0.15) is 5.78 Å². The Morgan fingerprint density at radius 2 is 1.50 bits per heavy atom. The Kier molecular flexibility index (Phi) is 4.91. The normalized spacial score (nSPS) is 51.3. The first-order valence-corrected chi connectivity index (χ1v) is 14.0. The van der Waals surface area contributed by atoms with Crippen molar-refractivity contribution in [1.29, 1.82) is 0 Å². The van der Waals surface area contributed by atoms with Crippen molar-refractivity contribution in [3.8, 4) is 0 Å². The molecular formula is C31H48O3. The summed E-state index contributed by atoms with van der Waals surface area (Å²) >= 11 is 0. The number of hydrogen-bond donors (Lipinski definition) is 1. The van der Waals surface area contributed by atoms with Crippen LogP contribution in [0.2, 0.25) is 0 Å². The van der Waals surface area contributed by atoms with Crippen molar-refractivity contribution in [2.45, 2.75) is 120 Å². The molecule has 0 aromatic heterocycles. The number of allylic oxidation sites excluding steroid dienone is 1. The Morgan fingerprint density at radius 3 is 2.15 bits per heavy atom. The number of hydrogen-bond acceptors (Lipinski definition) is 2. The van der Waals surface area contributed by atoms with Crippen molar-refractivity contribution in [2.75, 3.05) is 0 Å². The molecule has 4 fully saturated rings. The SMILES string of the molecule is CC1(C)CC[C@]2(C)CC[C@]3(C(=O)O)C(=CC[C@H]4[C@@]3(C)CC[C@@]3(C)C(C)(C)C(=O)CC[C@]43C)[C@@H]2C1. The topological polar surface area (TPSA) is 54.4 Å². The zero-order chi connectivity index (χ0) is 25.2. The van der Waals surface area contributed by atoms with Gasteiger partial charge in [0, 0.05) is 11.8 Å². The highest BCUT2D eigenvalue weighted by atomic mass is 16.4. The van der Waals surface area contributed by atoms with Gasteiger partial charge >= 0.3 is 5.97 Å². The van der Waals surface area contributed by atoms with E-state index >= 15 is 0 Å². The van der Waals surface area contributed by atoms with E-state index in [1.165, 1.54) is 18.4 Å². The highest BCUT2D eigenvalue weighted by molar-refractivity contribution is 5.86. The lowest BCUT2D eigenvalue weighted by Crippen LogP contribution is -2.69. The average molecular weight is 469 g/mol. The van der Waals surface area contributed by atoms with E-state index in [1.54, 1.807) is 0 Å². The van der Waals surface area contributed by atoms with Crippen LogP contribution in [0.4, 0.5) is 0 Å². The van der Waals surface area contributed by atoms with E-state index in [0.29, 0.717) is 24.0 Å². The van der Waals surface area contributed by atoms with Crippen molar-refractivity contribution >= 4 is 11.8 Å². The van der Waals surface area contributed by atoms with Crippen molar-refractivity contribution in [3.05, 3.63) is 11.6 Å². The molecule has 0 spiro atoms. The predicted octanol–water partition coefficient (Wildman–Crippen LogP) is 7.83. The van der Waals surface area contributed by atoms with Gasteiger partial charge in [0.25, 0.3) is 0 Å². The number of rotatable bonds is 1. The first-order chi connectivity index (χ1) is 15.5. The minimum absolute atomic E-state index is 0.0333. The van der Waals surface area contributed by atoms with Crippen LogP contribution in [0.25, 0.3) is 0 Å². The maximum Gasteiger partial charge on any atom is 0.314 e. The van der Waals surface area contributed by atoms with Crippen LogP contribution in [0.1, 0.15) is 120 Å². The van der Waals surface area contributed by atoms with E-state index in [1.807, 2.05) is 0 Å². The van der Waals surface area contributed by atoms with Gasteiger partial charge in [-0.1, -0.05) is 67.0 Å². The summed E-state index contributed by atoms with van der Waals surface area (Å²) in [5.74, 6) is 0.500. The van der Waals surface area contributed by atoms with Crippen LogP contribution >= 0.6 is 0 Å². The van der Waals surface area contributed by atoms with Crippen LogP contribution in [0.15, 0.2) is 11.6 Å². The van der Waals surface area contributed by atoms with Gasteiger partial charge < -0.3 is 5.11 Å². The largest absolute Gasteiger partial charge is 0.481 e. The molecule has 5 aliphatic rings. The Bertz CT molecular complexity index is 973. The predicted molar refractivity (Wildman–Crippen MR) is 136 cm³/mol. The van der Waals surface area contributed by atoms with Gasteiger partial charge in [-0.25, -0.2) is 0 Å². The molecule has 190 valence electrons. The fourth-order valence-electron chi connectivity index (χ4n) is 10.6. The average Bonchev–Trinajstić information content (AvgIpc) is 2.74. The molecule has 0 amide bonds. The van der Waals surface area contributed by atoms with Gasteiger partial charge in [-0.15, -0.1) is 0 Å². The monoisotopic (exact) mass is 468 g/mol. The van der Waals surface area contributed by atoms with Crippen LogP contribution in [0, 0.1) is 49.7 Å². The maximum atomic E-state index is 13.5. The lowest BCUT2D eigenvalue weighted by Gasteiger charge is -2.73. The molecule has 4 saturated carbocycles. The summed E-state index contributed by atoms with van der Waals surface area (Å²) in [5.41, 5.74) is 0.277. The molecule has 7 atom stereocenters. The van der Waals surface area contributed by atoms with Gasteiger partial charge in [0.2, 0.25) is 0 Å². The number of aliphatic carboxylic acids is 1. The van der Waals surface area contributed by atoms with Crippen LogP contribution < -0.4 is 0 Å². The van der Waals surface area contributed by atoms with Gasteiger partial charge in [-0.05, 0) is 96.7 Å². The van der Waals surface area contributed by atoms with Crippen LogP contribution in [-0.2, 0) is 9.59 Å². The molecule has 34 heavy (non-hydrogen) atoms. The molecule has 0 bridgehead atoms. The third kappa shape index (κ3) is 2.60. The second kappa shape index (κ2) is 6.80. The summed E-state index contributed by atoms with van der Waals surface area (Å²) in [5, 5.41) is 11.1. The van der Waals surface area contributed by atoms with E-state index in [9.17, 15) is 14.7 Å². The fraction of sp³-hybridized carbons (Fsp3) is 0.871. The Morgan fingerprint density at radius 1 is 0.853 bits per heavy atom. The summed E-state index contributed by atoms with van der Waals surface area (Å²) < 4.78 is 0. The third-order valence-corrected chi connectivity index (χ3v) is 13.7. The van der Waals surface area contributed by atoms with Crippen LogP contribution in [-0.4, -0.2) is 16.9 Å². The Labute approximate surface area is 207 Å². The minimum atomic E-state index is -0.760. The molecule has 0 aliphatic heterocycles. The first kappa shape index (κ1) is 24.6. The van der Waals surface area contributed by atoms with E-state index in [2.05, 4.69) is 61.5 Å². The molecule has 0 aromatic rings. The first-order valence-electron chi connectivity index (χ1n) is 14.0. The molecule has 0 aromatic carbocycles. The molecule has 1 N–H and O–H groups in total. The summed E-state index contributed by atoms with van der Waals surface area (Å²) in [6.07, 6.45) is 12.2. The number of Topliss-reactive ketones (excluding diaryl/α,β-unsaturated/α-hetero) is 1. The van der Waals surface area contributed by atoms with Gasteiger partial charge in [-0.3, -0.25) is 9.59 Å². The minimum Gasteiger partial charge on any atom is -0.481 e. The molecule has 3 heteroatoms. The molecule has 5 rings (SSSR count). The van der Waals surface area contributed by atoms with Crippen molar-refractivity contribution < 1.29 is 14.7 Å². The smallest absolute Gasteiger partial charge is 0.314 e. The van der Waals surface area contributed by atoms with Crippen LogP contribution in [0.3, 0.4) is 0 Å². The fourth-order valence-corrected chi connectivity index (χ4v) is 10.6. The highest BCUT2D eigenvalue weighted by Gasteiger charge is 2.74. The molecule has 0 saturated heterocycles. The quantitative estimate of drug-likeness (QED) is 0.399. The standard InChI is InChI=1S/C31H48O3/c1-25(2)13-14-27(5)15-18-31(24(33)34)20(21(27)19-25)9-10-22-28(6)12-11-23(32)26(3,4)30(28,8)17-16-29(22,31)7/h9,21-22H,10-19H2,1-8H3,(H,33,34)/t21-,22+,27+,28+,29+,30-,31+/m0/s1. The molecule has 0 radical (unpaired) electrons. The Hall–Kier alpha value is -1.12. The molecule has 5 aliphatic carbocycles. The van der Waals surface area contributed by atoms with E-state index in [-0.39, 0.29) is 32.5 Å². The summed E-state index contributed by atoms with van der Waals surface area (Å²) in [6, 6.07) is 0. The van der Waals surface area contributed by atoms with E-state index in [0.717, 1.165) is 44.9 Å². The second-order valence-electron chi connectivity index (χ2n) is 15.4. The zero-order valence-corrected chi connectivity index (χ0v) is 23.1. The summed E-state index contributed by atoms with van der Waals surface area (Å²) in [4.78, 5) is 26.6. The van der Waals surface area contributed by atoms with Crippen molar-refractivity contribution in [2.24, 2.45) is 49.7 Å². The zero-order valence-electron chi connectivity index (χ0n) is 23.1. The summed E-state index contributed by atoms with van der Waals surface area (Å²) in [6.45, 7) is 18.7. The van der Waals surface area contributed by atoms with Crippen LogP contribution in [0.5, 0.6) is 0 Å². The Balaban J connectivity index is 1.68. The lowest BCUT2D eigenvalue weighted by atomic mass is 9.30. The number of fused-ring (bicyclic) bond motifs is 7. The van der Waals surface area contributed by atoms with Crippen molar-refractivity contribution in [3.63, 3.8) is 0 Å². The number of carboxylic acids is 1. The second-order valence-corrected chi connectivity index (χ2v) is 15.4. The third-order valence-electron chi connectivity index (χ3n) is 13.7. The lowest BCUT2D eigenvalue weighted by molar-refractivity contribution is -0.227. The molecule has 0 unspecified atom stereocenters. The number of carbonyl (C=O) groups excluding carboxylic acids is 1. The number of carboxylic acid groups (broad SMARTS) is 1. The summed E-state index contributed by atoms with van der Waals surface area (Å²) in [7, 11) is 0. The molecular weight excluding hydrogens is 420 g/mol. The van der Waals surface area contributed by atoms with Gasteiger partial charge in [-0.2, -0.15) is 0 Å². The van der Waals surface area contributed by atoms with E-state index < -0.39 is 11.4 Å². The number of ketones is 1. The van der Waals surface area contributed by atoms with Crippen molar-refractivity contribution in [1.82, 2.24) is 0 Å². The van der Waals surface area contributed by atoms with Gasteiger partial charge in [0.15, 0.2) is 0 Å². The molecule has 0 heterocycles.